The minimum absolute atomic E-state index is 0.0738. The van der Waals surface area contributed by atoms with Gasteiger partial charge in [-0.3, -0.25) is 9.59 Å². The van der Waals surface area contributed by atoms with Crippen LogP contribution in [0.2, 0.25) is 5.02 Å². The predicted molar refractivity (Wildman–Crippen MR) is 89.0 cm³/mol. The third-order valence-corrected chi connectivity index (χ3v) is 3.50. The van der Waals surface area contributed by atoms with Gasteiger partial charge in [-0.25, -0.2) is 0 Å². The summed E-state index contributed by atoms with van der Waals surface area (Å²) < 4.78 is 10.3. The summed E-state index contributed by atoms with van der Waals surface area (Å²) in [6, 6.07) is 9.73. The van der Waals surface area contributed by atoms with E-state index in [4.69, 9.17) is 21.1 Å². The number of rotatable bonds is 5. The molecule has 0 saturated heterocycles. The van der Waals surface area contributed by atoms with Gasteiger partial charge in [0.2, 0.25) is 0 Å². The highest BCUT2D eigenvalue weighted by atomic mass is 35.5. The van der Waals surface area contributed by atoms with Crippen LogP contribution in [0.5, 0.6) is 11.5 Å². The second kappa shape index (κ2) is 7.15. The number of hydrogen-bond acceptors (Lipinski definition) is 4. The van der Waals surface area contributed by atoms with Gasteiger partial charge in [-0.05, 0) is 31.2 Å². The normalized spacial score (nSPS) is 10.1. The first kappa shape index (κ1) is 16.8. The van der Waals surface area contributed by atoms with Gasteiger partial charge in [0.05, 0.1) is 19.2 Å². The number of carbonyl (C=O) groups excluding carboxylic acids is 2. The summed E-state index contributed by atoms with van der Waals surface area (Å²) >= 11 is 6.10. The lowest BCUT2D eigenvalue weighted by Crippen LogP contribution is -2.12. The number of hydrogen-bond donors (Lipinski definition) is 1. The molecule has 0 radical (unpaired) electrons. The summed E-state index contributed by atoms with van der Waals surface area (Å²) in [5.41, 5.74) is 1.36. The third kappa shape index (κ3) is 3.81. The zero-order valence-corrected chi connectivity index (χ0v) is 13.7. The monoisotopic (exact) mass is 333 g/mol. The van der Waals surface area contributed by atoms with Crippen LogP contribution in [0.15, 0.2) is 36.4 Å². The highest BCUT2D eigenvalue weighted by molar-refractivity contribution is 6.32. The average Bonchev–Trinajstić information content (AvgIpc) is 2.54. The van der Waals surface area contributed by atoms with E-state index in [0.29, 0.717) is 28.3 Å². The molecule has 1 N–H and O–H groups in total. The van der Waals surface area contributed by atoms with Gasteiger partial charge in [0.15, 0.2) is 17.3 Å². The fourth-order valence-electron chi connectivity index (χ4n) is 2.07. The molecule has 2 rings (SSSR count). The van der Waals surface area contributed by atoms with Gasteiger partial charge in [0, 0.05) is 16.8 Å². The first-order valence-corrected chi connectivity index (χ1v) is 7.18. The number of halogens is 1. The Balaban J connectivity index is 2.29. The van der Waals surface area contributed by atoms with E-state index in [1.54, 1.807) is 24.3 Å². The van der Waals surface area contributed by atoms with Gasteiger partial charge in [-0.1, -0.05) is 23.7 Å². The molecule has 1 amide bonds. The highest BCUT2D eigenvalue weighted by Crippen LogP contribution is 2.36. The van der Waals surface area contributed by atoms with Crippen molar-refractivity contribution in [3.63, 3.8) is 0 Å². The van der Waals surface area contributed by atoms with E-state index >= 15 is 0 Å². The SMILES string of the molecule is COc1cc(C(=O)Nc2cccc(C(C)=O)c2)cc(Cl)c1OC. The van der Waals surface area contributed by atoms with E-state index in [2.05, 4.69) is 5.32 Å². The predicted octanol–water partition coefficient (Wildman–Crippen LogP) is 3.81. The maximum absolute atomic E-state index is 12.4. The van der Waals surface area contributed by atoms with Gasteiger partial charge in [0.1, 0.15) is 0 Å². The van der Waals surface area contributed by atoms with E-state index in [9.17, 15) is 9.59 Å². The van der Waals surface area contributed by atoms with Crippen LogP contribution in [-0.4, -0.2) is 25.9 Å². The molecule has 0 bridgehead atoms. The quantitative estimate of drug-likeness (QED) is 0.845. The first-order chi connectivity index (χ1) is 11.0. The lowest BCUT2D eigenvalue weighted by molar-refractivity contribution is 0.101. The molecule has 0 aliphatic heterocycles. The van der Waals surface area contributed by atoms with Gasteiger partial charge in [-0.15, -0.1) is 0 Å². The van der Waals surface area contributed by atoms with Gasteiger partial charge < -0.3 is 14.8 Å². The fourth-order valence-corrected chi connectivity index (χ4v) is 2.36. The van der Waals surface area contributed by atoms with Crippen LogP contribution in [0.4, 0.5) is 5.69 Å². The number of ether oxygens (including phenoxy) is 2. The van der Waals surface area contributed by atoms with Crippen molar-refractivity contribution < 1.29 is 19.1 Å². The second-order valence-corrected chi connectivity index (χ2v) is 5.19. The van der Waals surface area contributed by atoms with Crippen LogP contribution in [0.3, 0.4) is 0 Å². The summed E-state index contributed by atoms with van der Waals surface area (Å²) in [5.74, 6) is 0.288. The smallest absolute Gasteiger partial charge is 0.255 e. The number of carbonyl (C=O) groups is 2. The first-order valence-electron chi connectivity index (χ1n) is 6.80. The molecule has 0 fully saturated rings. The molecule has 2 aromatic carbocycles. The van der Waals surface area contributed by atoms with Crippen LogP contribution in [-0.2, 0) is 0 Å². The van der Waals surface area contributed by atoms with Gasteiger partial charge >= 0.3 is 0 Å². The van der Waals surface area contributed by atoms with Crippen LogP contribution >= 0.6 is 11.6 Å². The lowest BCUT2D eigenvalue weighted by Gasteiger charge is -2.12. The molecule has 0 atom stereocenters. The van der Waals surface area contributed by atoms with Crippen molar-refractivity contribution in [1.82, 2.24) is 0 Å². The maximum atomic E-state index is 12.4. The topological polar surface area (TPSA) is 64.6 Å². The lowest BCUT2D eigenvalue weighted by atomic mass is 10.1. The molecule has 120 valence electrons. The number of methoxy groups -OCH3 is 2. The average molecular weight is 334 g/mol. The molecule has 0 saturated carbocycles. The largest absolute Gasteiger partial charge is 0.493 e. The molecule has 0 aliphatic carbocycles. The molecular formula is C17H16ClNO4. The van der Waals surface area contributed by atoms with Gasteiger partial charge in [0.25, 0.3) is 5.91 Å². The standard InChI is InChI=1S/C17H16ClNO4/c1-10(20)11-5-4-6-13(7-11)19-17(21)12-8-14(18)16(23-3)15(9-12)22-2/h4-9H,1-3H3,(H,19,21). The Bertz CT molecular complexity index is 758. The number of anilines is 1. The summed E-state index contributed by atoms with van der Waals surface area (Å²) in [4.78, 5) is 23.8. The summed E-state index contributed by atoms with van der Waals surface area (Å²) in [6.45, 7) is 1.47. The molecule has 0 unspecified atom stereocenters. The number of Topliss-reactive ketones (excluding diaryl/α,β-unsaturated/α-hetero) is 1. The van der Waals surface area contributed by atoms with Crippen molar-refractivity contribution in [2.75, 3.05) is 19.5 Å². The molecule has 2 aromatic rings. The van der Waals surface area contributed by atoms with E-state index in [1.807, 2.05) is 0 Å². The zero-order valence-electron chi connectivity index (χ0n) is 13.0. The van der Waals surface area contributed by atoms with Crippen molar-refractivity contribution in [1.29, 1.82) is 0 Å². The maximum Gasteiger partial charge on any atom is 0.255 e. The Morgan fingerprint density at radius 3 is 2.39 bits per heavy atom. The number of ketones is 1. The zero-order chi connectivity index (χ0) is 17.0. The summed E-state index contributed by atoms with van der Waals surface area (Å²) in [7, 11) is 2.93. The van der Waals surface area contributed by atoms with Gasteiger partial charge in [-0.2, -0.15) is 0 Å². The van der Waals surface area contributed by atoms with Crippen molar-refractivity contribution in [3.05, 3.63) is 52.5 Å². The number of benzene rings is 2. The Hall–Kier alpha value is -2.53. The van der Waals surface area contributed by atoms with E-state index in [1.165, 1.54) is 33.3 Å². The molecule has 5 nitrogen and oxygen atoms in total. The third-order valence-electron chi connectivity index (χ3n) is 3.22. The van der Waals surface area contributed by atoms with Crippen molar-refractivity contribution in [3.8, 4) is 11.5 Å². The van der Waals surface area contributed by atoms with Crippen molar-refractivity contribution >= 4 is 29.0 Å². The molecule has 0 aromatic heterocycles. The number of amides is 1. The molecule has 0 aliphatic rings. The van der Waals surface area contributed by atoms with E-state index < -0.39 is 0 Å². The number of nitrogens with one attached hydrogen (secondary N) is 1. The molecule has 23 heavy (non-hydrogen) atoms. The second-order valence-electron chi connectivity index (χ2n) is 4.78. The molecular weight excluding hydrogens is 318 g/mol. The minimum atomic E-state index is -0.367. The van der Waals surface area contributed by atoms with Crippen molar-refractivity contribution in [2.45, 2.75) is 6.92 Å². The Morgan fingerprint density at radius 2 is 1.78 bits per heavy atom. The summed E-state index contributed by atoms with van der Waals surface area (Å²) in [5, 5.41) is 3.00. The van der Waals surface area contributed by atoms with E-state index in [-0.39, 0.29) is 16.7 Å². The molecule has 6 heteroatoms. The van der Waals surface area contributed by atoms with Crippen LogP contribution in [0, 0.1) is 0 Å². The summed E-state index contributed by atoms with van der Waals surface area (Å²) in [6.07, 6.45) is 0. The van der Waals surface area contributed by atoms with Crippen LogP contribution in [0.1, 0.15) is 27.6 Å². The molecule has 0 spiro atoms. The molecule has 0 heterocycles. The van der Waals surface area contributed by atoms with Crippen LogP contribution in [0.25, 0.3) is 0 Å². The van der Waals surface area contributed by atoms with Crippen LogP contribution < -0.4 is 14.8 Å². The highest BCUT2D eigenvalue weighted by Gasteiger charge is 2.15. The fraction of sp³-hybridized carbons (Fsp3) is 0.176. The Morgan fingerprint density at radius 1 is 1.04 bits per heavy atom. The Kier molecular flexibility index (Phi) is 5.24. The van der Waals surface area contributed by atoms with E-state index in [0.717, 1.165) is 0 Å². The Labute approximate surface area is 139 Å². The minimum Gasteiger partial charge on any atom is -0.493 e. The van der Waals surface area contributed by atoms with Crippen molar-refractivity contribution in [2.24, 2.45) is 0 Å².